The molecule has 0 saturated carbocycles. The average Bonchev–Trinajstić information content (AvgIpc) is 2.95. The van der Waals surface area contributed by atoms with Gasteiger partial charge in [-0.15, -0.1) is 11.3 Å². The zero-order chi connectivity index (χ0) is 22.2. The number of nitrogens with zero attached hydrogens (tertiary/aromatic N) is 2. The molecule has 1 unspecified atom stereocenters. The number of hydrogen-bond donors (Lipinski definition) is 2. The molecule has 1 atom stereocenters. The van der Waals surface area contributed by atoms with Crippen molar-refractivity contribution in [1.29, 1.82) is 0 Å². The third-order valence-electron chi connectivity index (χ3n) is 4.67. The number of hydrogen-bond acceptors (Lipinski definition) is 7. The van der Waals surface area contributed by atoms with Gasteiger partial charge in [0.15, 0.2) is 5.16 Å². The Labute approximate surface area is 182 Å². The first-order chi connectivity index (χ1) is 14.0. The molecule has 0 saturated heterocycles. The number of aryl methyl sites for hydroxylation is 2. The first-order valence-corrected chi connectivity index (χ1v) is 12.4. The van der Waals surface area contributed by atoms with Crippen LogP contribution in [0.4, 0.5) is 5.69 Å². The van der Waals surface area contributed by atoms with Gasteiger partial charge in [0, 0.05) is 17.1 Å². The monoisotopic (exact) mass is 466 g/mol. The minimum absolute atomic E-state index is 0.0334. The molecule has 3 N–H and O–H groups in total. The van der Waals surface area contributed by atoms with E-state index in [4.69, 9.17) is 5.14 Å². The quantitative estimate of drug-likeness (QED) is 0.425. The highest BCUT2D eigenvalue weighted by atomic mass is 32.2. The van der Waals surface area contributed by atoms with Crippen molar-refractivity contribution >= 4 is 54.9 Å². The van der Waals surface area contributed by atoms with Gasteiger partial charge in [-0.2, -0.15) is 0 Å². The van der Waals surface area contributed by atoms with Crippen LogP contribution in [0.15, 0.2) is 39.1 Å². The molecule has 2 aromatic heterocycles. The molecule has 1 amide bonds. The number of sulfonamides is 1. The topological polar surface area (TPSA) is 124 Å². The number of thioether (sulfide) groups is 1. The maximum atomic E-state index is 12.9. The van der Waals surface area contributed by atoms with Gasteiger partial charge >= 0.3 is 0 Å². The van der Waals surface area contributed by atoms with Crippen molar-refractivity contribution in [2.45, 2.75) is 49.5 Å². The average molecular weight is 467 g/mol. The van der Waals surface area contributed by atoms with E-state index >= 15 is 0 Å². The van der Waals surface area contributed by atoms with Crippen molar-refractivity contribution in [3.8, 4) is 0 Å². The Kier molecular flexibility index (Phi) is 6.37. The van der Waals surface area contributed by atoms with Crippen LogP contribution in [-0.2, 0) is 21.4 Å². The zero-order valence-corrected chi connectivity index (χ0v) is 19.4. The summed E-state index contributed by atoms with van der Waals surface area (Å²) in [4.78, 5) is 31.9. The second kappa shape index (κ2) is 8.50. The summed E-state index contributed by atoms with van der Waals surface area (Å²) in [6.45, 7) is 7.91. The summed E-state index contributed by atoms with van der Waals surface area (Å²) in [6, 6.07) is 5.60. The second-order valence-corrected chi connectivity index (χ2v) is 10.8. The number of anilines is 1. The molecular formula is C19H22N4O4S3. The smallest absolute Gasteiger partial charge is 0.263 e. The number of nitrogens with one attached hydrogen (secondary N) is 1. The lowest BCUT2D eigenvalue weighted by atomic mass is 10.2. The highest BCUT2D eigenvalue weighted by molar-refractivity contribution is 8.00. The van der Waals surface area contributed by atoms with Crippen molar-refractivity contribution in [2.24, 2.45) is 5.14 Å². The lowest BCUT2D eigenvalue weighted by Gasteiger charge is -2.15. The Bertz CT molecular complexity index is 1280. The molecule has 0 fully saturated rings. The Morgan fingerprint density at radius 2 is 1.93 bits per heavy atom. The zero-order valence-electron chi connectivity index (χ0n) is 16.9. The second-order valence-electron chi connectivity index (χ2n) is 6.73. The van der Waals surface area contributed by atoms with Crippen LogP contribution in [0.1, 0.15) is 24.3 Å². The van der Waals surface area contributed by atoms with E-state index in [0.717, 1.165) is 10.4 Å². The molecule has 0 aliphatic heterocycles. The number of thiophene rings is 1. The van der Waals surface area contributed by atoms with Gasteiger partial charge in [0.2, 0.25) is 15.9 Å². The van der Waals surface area contributed by atoms with Crippen LogP contribution in [0.5, 0.6) is 0 Å². The maximum Gasteiger partial charge on any atom is 0.263 e. The number of primary sulfonamides is 1. The minimum Gasteiger partial charge on any atom is -0.325 e. The predicted octanol–water partition coefficient (Wildman–Crippen LogP) is 2.86. The van der Waals surface area contributed by atoms with Crippen LogP contribution in [0, 0.1) is 13.8 Å². The maximum absolute atomic E-state index is 12.9. The van der Waals surface area contributed by atoms with E-state index in [2.05, 4.69) is 10.3 Å². The van der Waals surface area contributed by atoms with E-state index in [1.807, 2.05) is 20.8 Å². The highest BCUT2D eigenvalue weighted by Gasteiger charge is 2.21. The SMILES string of the molecule is CCn1c(SC(C)C(=O)Nc2ccc(S(N)(=O)=O)cc2)nc2sc(C)c(C)c2c1=O. The van der Waals surface area contributed by atoms with Crippen molar-refractivity contribution < 1.29 is 13.2 Å². The Morgan fingerprint density at radius 1 is 1.30 bits per heavy atom. The van der Waals surface area contributed by atoms with E-state index in [1.165, 1.54) is 47.4 Å². The molecule has 30 heavy (non-hydrogen) atoms. The van der Waals surface area contributed by atoms with Crippen LogP contribution in [0.3, 0.4) is 0 Å². The van der Waals surface area contributed by atoms with E-state index in [-0.39, 0.29) is 16.4 Å². The van der Waals surface area contributed by atoms with Crippen LogP contribution >= 0.6 is 23.1 Å². The molecule has 3 aromatic rings. The lowest BCUT2D eigenvalue weighted by molar-refractivity contribution is -0.115. The predicted molar refractivity (Wildman–Crippen MR) is 121 cm³/mol. The molecule has 160 valence electrons. The third-order valence-corrected chi connectivity index (χ3v) is 7.79. The minimum atomic E-state index is -3.79. The first kappa shape index (κ1) is 22.5. The molecule has 0 spiro atoms. The van der Waals surface area contributed by atoms with Gasteiger partial charge in [-0.3, -0.25) is 14.2 Å². The van der Waals surface area contributed by atoms with Crippen molar-refractivity contribution in [3.05, 3.63) is 45.1 Å². The highest BCUT2D eigenvalue weighted by Crippen LogP contribution is 2.30. The number of rotatable bonds is 6. The largest absolute Gasteiger partial charge is 0.325 e. The number of carbonyl (C=O) groups is 1. The summed E-state index contributed by atoms with van der Waals surface area (Å²) >= 11 is 2.67. The molecule has 2 heterocycles. The van der Waals surface area contributed by atoms with Crippen LogP contribution in [0.25, 0.3) is 10.2 Å². The number of carbonyl (C=O) groups excluding carboxylic acids is 1. The fraction of sp³-hybridized carbons (Fsp3) is 0.316. The fourth-order valence-electron chi connectivity index (χ4n) is 2.86. The summed E-state index contributed by atoms with van der Waals surface area (Å²) in [5.74, 6) is -0.293. The first-order valence-electron chi connectivity index (χ1n) is 9.13. The summed E-state index contributed by atoms with van der Waals surface area (Å²) in [6.07, 6.45) is 0. The summed E-state index contributed by atoms with van der Waals surface area (Å²) in [5, 5.41) is 8.40. The number of benzene rings is 1. The molecule has 8 nitrogen and oxygen atoms in total. The molecule has 3 rings (SSSR count). The van der Waals surface area contributed by atoms with Crippen molar-refractivity contribution in [3.63, 3.8) is 0 Å². The van der Waals surface area contributed by atoms with E-state index in [0.29, 0.717) is 27.6 Å². The Morgan fingerprint density at radius 3 is 2.50 bits per heavy atom. The summed E-state index contributed by atoms with van der Waals surface area (Å²) in [5.41, 5.74) is 1.29. The van der Waals surface area contributed by atoms with E-state index in [9.17, 15) is 18.0 Å². The Hall–Kier alpha value is -2.21. The molecule has 0 aliphatic rings. The van der Waals surface area contributed by atoms with Gasteiger partial charge in [0.25, 0.3) is 5.56 Å². The molecule has 11 heteroatoms. The molecule has 0 bridgehead atoms. The van der Waals surface area contributed by atoms with Gasteiger partial charge in [0.1, 0.15) is 4.83 Å². The molecular weight excluding hydrogens is 444 g/mol. The molecule has 1 aromatic carbocycles. The lowest BCUT2D eigenvalue weighted by Crippen LogP contribution is -2.26. The van der Waals surface area contributed by atoms with Crippen LogP contribution < -0.4 is 16.0 Å². The third kappa shape index (κ3) is 4.43. The normalized spacial score (nSPS) is 12.8. The number of amides is 1. The van der Waals surface area contributed by atoms with E-state index < -0.39 is 15.3 Å². The van der Waals surface area contributed by atoms with Crippen LogP contribution in [-0.4, -0.2) is 29.1 Å². The van der Waals surface area contributed by atoms with Gasteiger partial charge in [-0.05, 0) is 57.5 Å². The molecule has 0 aliphatic carbocycles. The van der Waals surface area contributed by atoms with Gasteiger partial charge in [-0.25, -0.2) is 18.5 Å². The summed E-state index contributed by atoms with van der Waals surface area (Å²) < 4.78 is 24.2. The fourth-order valence-corrected chi connectivity index (χ4v) is 5.42. The van der Waals surface area contributed by atoms with Crippen molar-refractivity contribution in [1.82, 2.24) is 9.55 Å². The Balaban J connectivity index is 1.83. The van der Waals surface area contributed by atoms with Gasteiger partial charge in [0.05, 0.1) is 15.5 Å². The van der Waals surface area contributed by atoms with Gasteiger partial charge in [-0.1, -0.05) is 11.8 Å². The van der Waals surface area contributed by atoms with Crippen molar-refractivity contribution in [2.75, 3.05) is 5.32 Å². The number of aromatic nitrogens is 2. The number of fused-ring (bicyclic) bond motifs is 1. The van der Waals surface area contributed by atoms with E-state index in [1.54, 1.807) is 11.5 Å². The summed E-state index contributed by atoms with van der Waals surface area (Å²) in [7, 11) is -3.79. The number of nitrogens with two attached hydrogens (primary N) is 1. The molecule has 0 radical (unpaired) electrons. The standard InChI is InChI=1S/C19H22N4O4S3/c1-5-23-18(25)15-10(2)11(3)28-17(15)22-19(23)29-12(4)16(24)21-13-6-8-14(9-7-13)30(20,26)27/h6-9,12H,5H2,1-4H3,(H,21,24)(H2,20,26,27). The van der Waals surface area contributed by atoms with Gasteiger partial charge < -0.3 is 5.32 Å². The van der Waals surface area contributed by atoms with Crippen LogP contribution in [0.2, 0.25) is 0 Å².